The topological polar surface area (TPSA) is 39.8 Å². The van der Waals surface area contributed by atoms with E-state index >= 15 is 0 Å². The summed E-state index contributed by atoms with van der Waals surface area (Å²) in [5.41, 5.74) is 3.88. The first-order valence-electron chi connectivity index (χ1n) is 8.51. The minimum absolute atomic E-state index is 0.0827. The van der Waals surface area contributed by atoms with Gasteiger partial charge in [0.1, 0.15) is 11.0 Å². The highest BCUT2D eigenvalue weighted by Gasteiger charge is 2.21. The molecular formula is C20H17N3OS. The second kappa shape index (κ2) is 5.77. The molecule has 0 spiro atoms. The molecule has 0 atom stereocenters. The first-order chi connectivity index (χ1) is 12.3. The Balaban J connectivity index is 1.86. The van der Waals surface area contributed by atoms with E-state index in [1.54, 1.807) is 11.8 Å². The predicted molar refractivity (Wildman–Crippen MR) is 102 cm³/mol. The molecule has 0 unspecified atom stereocenters. The average Bonchev–Trinajstić information content (AvgIpc) is 2.97. The van der Waals surface area contributed by atoms with Crippen LogP contribution in [0.25, 0.3) is 21.9 Å². The molecular weight excluding hydrogens is 330 g/mol. The lowest BCUT2D eigenvalue weighted by atomic mass is 10.2. The molecule has 0 fully saturated rings. The molecule has 3 heterocycles. The van der Waals surface area contributed by atoms with E-state index in [4.69, 9.17) is 4.98 Å². The molecule has 0 N–H and O–H groups in total. The number of benzene rings is 2. The fraction of sp³-hybridized carbons (Fsp3) is 0.200. The third-order valence-electron chi connectivity index (χ3n) is 4.77. The van der Waals surface area contributed by atoms with Gasteiger partial charge in [0.25, 0.3) is 5.56 Å². The van der Waals surface area contributed by atoms with Crippen LogP contribution in [0.2, 0.25) is 0 Å². The van der Waals surface area contributed by atoms with Crippen molar-refractivity contribution in [3.05, 3.63) is 70.5 Å². The second-order valence-electron chi connectivity index (χ2n) is 6.34. The molecule has 0 bridgehead atoms. The number of rotatable bonds is 2. The van der Waals surface area contributed by atoms with Crippen LogP contribution in [-0.4, -0.2) is 19.9 Å². The Hall–Kier alpha value is -2.53. The van der Waals surface area contributed by atoms with E-state index in [1.165, 1.54) is 5.56 Å². The fourth-order valence-corrected chi connectivity index (χ4v) is 4.55. The van der Waals surface area contributed by atoms with Gasteiger partial charge >= 0.3 is 0 Å². The first kappa shape index (κ1) is 14.8. The number of hydrogen-bond donors (Lipinski definition) is 0. The van der Waals surface area contributed by atoms with Gasteiger partial charge in [-0.2, -0.15) is 0 Å². The van der Waals surface area contributed by atoms with Crippen molar-refractivity contribution >= 4 is 33.7 Å². The van der Waals surface area contributed by atoms with Crippen LogP contribution >= 0.6 is 11.8 Å². The zero-order valence-corrected chi connectivity index (χ0v) is 14.5. The van der Waals surface area contributed by atoms with E-state index in [2.05, 4.69) is 28.8 Å². The summed E-state index contributed by atoms with van der Waals surface area (Å²) < 4.78 is 3.97. The summed E-state index contributed by atoms with van der Waals surface area (Å²) in [4.78, 5) is 18.1. The van der Waals surface area contributed by atoms with Crippen molar-refractivity contribution in [2.24, 2.45) is 0 Å². The summed E-state index contributed by atoms with van der Waals surface area (Å²) in [5, 5.41) is 1.91. The van der Waals surface area contributed by atoms with Gasteiger partial charge in [0.2, 0.25) is 0 Å². The number of aromatic nitrogens is 3. The molecule has 0 radical (unpaired) electrons. The fourth-order valence-electron chi connectivity index (χ4n) is 3.61. The standard InChI is InChI=1S/C20H17N3OS/c24-19-18-17(21-20-22(19)11-6-12-25-20)15-9-4-5-10-16(15)23(18)13-14-7-2-1-3-8-14/h1-5,7-10H,6,11-13H2. The normalized spacial score (nSPS) is 14.1. The highest BCUT2D eigenvalue weighted by atomic mass is 32.2. The van der Waals surface area contributed by atoms with E-state index in [1.807, 2.05) is 34.9 Å². The molecule has 0 amide bonds. The van der Waals surface area contributed by atoms with Crippen LogP contribution < -0.4 is 5.56 Å². The first-order valence-corrected chi connectivity index (χ1v) is 9.50. The molecule has 1 aliphatic heterocycles. The molecule has 0 aliphatic carbocycles. The minimum Gasteiger partial charge on any atom is -0.330 e. The van der Waals surface area contributed by atoms with E-state index in [0.29, 0.717) is 6.54 Å². The molecule has 124 valence electrons. The molecule has 0 saturated heterocycles. The molecule has 5 heteroatoms. The van der Waals surface area contributed by atoms with Crippen molar-refractivity contribution in [3.63, 3.8) is 0 Å². The monoisotopic (exact) mass is 347 g/mol. The third kappa shape index (κ3) is 2.30. The molecule has 4 nitrogen and oxygen atoms in total. The predicted octanol–water partition coefficient (Wildman–Crippen LogP) is 3.90. The maximum atomic E-state index is 13.2. The Morgan fingerprint density at radius 3 is 2.72 bits per heavy atom. The van der Waals surface area contributed by atoms with Gasteiger partial charge in [0, 0.05) is 24.2 Å². The Bertz CT molecular complexity index is 1140. The van der Waals surface area contributed by atoms with Gasteiger partial charge in [-0.15, -0.1) is 0 Å². The van der Waals surface area contributed by atoms with Crippen molar-refractivity contribution in [1.29, 1.82) is 0 Å². The van der Waals surface area contributed by atoms with E-state index in [0.717, 1.165) is 45.8 Å². The zero-order chi connectivity index (χ0) is 16.8. The summed E-state index contributed by atoms with van der Waals surface area (Å²) in [6.45, 7) is 1.44. The van der Waals surface area contributed by atoms with Crippen molar-refractivity contribution in [3.8, 4) is 0 Å². The highest BCUT2D eigenvalue weighted by Crippen LogP contribution is 2.30. The van der Waals surface area contributed by atoms with Gasteiger partial charge < -0.3 is 4.57 Å². The van der Waals surface area contributed by atoms with Gasteiger partial charge in [-0.05, 0) is 18.1 Å². The van der Waals surface area contributed by atoms with Crippen LogP contribution in [0, 0.1) is 0 Å². The molecule has 1 aliphatic rings. The molecule has 4 aromatic rings. The van der Waals surface area contributed by atoms with Crippen LogP contribution in [-0.2, 0) is 13.1 Å². The Kier molecular flexibility index (Phi) is 3.41. The van der Waals surface area contributed by atoms with E-state index < -0.39 is 0 Å². The number of thioether (sulfide) groups is 1. The molecule has 2 aromatic carbocycles. The van der Waals surface area contributed by atoms with Crippen molar-refractivity contribution in [2.75, 3.05) is 5.75 Å². The summed E-state index contributed by atoms with van der Waals surface area (Å²) in [5.74, 6) is 1.03. The Morgan fingerprint density at radius 1 is 1.04 bits per heavy atom. The molecule has 0 saturated carbocycles. The van der Waals surface area contributed by atoms with Crippen molar-refractivity contribution in [2.45, 2.75) is 24.7 Å². The van der Waals surface area contributed by atoms with E-state index in [9.17, 15) is 4.79 Å². The number of para-hydroxylation sites is 1. The van der Waals surface area contributed by atoms with Gasteiger partial charge in [0.05, 0.1) is 5.52 Å². The third-order valence-corrected chi connectivity index (χ3v) is 5.83. The van der Waals surface area contributed by atoms with Crippen molar-refractivity contribution in [1.82, 2.24) is 14.1 Å². The van der Waals surface area contributed by atoms with Crippen LogP contribution in [0.1, 0.15) is 12.0 Å². The lowest BCUT2D eigenvalue weighted by molar-refractivity contribution is 0.569. The Labute approximate surface area is 149 Å². The number of fused-ring (bicyclic) bond motifs is 4. The van der Waals surface area contributed by atoms with Crippen LogP contribution in [0.5, 0.6) is 0 Å². The lowest BCUT2D eigenvalue weighted by Gasteiger charge is -2.17. The maximum Gasteiger partial charge on any atom is 0.278 e. The van der Waals surface area contributed by atoms with Gasteiger partial charge in [-0.1, -0.05) is 60.3 Å². The van der Waals surface area contributed by atoms with Gasteiger partial charge in [-0.3, -0.25) is 9.36 Å². The Morgan fingerprint density at radius 2 is 1.84 bits per heavy atom. The van der Waals surface area contributed by atoms with Crippen LogP contribution in [0.15, 0.2) is 64.5 Å². The molecule has 25 heavy (non-hydrogen) atoms. The van der Waals surface area contributed by atoms with Gasteiger partial charge in [-0.25, -0.2) is 4.98 Å². The SMILES string of the molecule is O=c1c2c(nc3n1CCCS3)c1ccccc1n2Cc1ccccc1. The smallest absolute Gasteiger partial charge is 0.278 e. The number of hydrogen-bond acceptors (Lipinski definition) is 3. The summed E-state index contributed by atoms with van der Waals surface area (Å²) >= 11 is 1.68. The van der Waals surface area contributed by atoms with Gasteiger partial charge in [0.15, 0.2) is 5.16 Å². The van der Waals surface area contributed by atoms with Crippen LogP contribution in [0.3, 0.4) is 0 Å². The summed E-state index contributed by atoms with van der Waals surface area (Å²) in [7, 11) is 0. The summed E-state index contributed by atoms with van der Waals surface area (Å²) in [6.07, 6.45) is 1.02. The lowest BCUT2D eigenvalue weighted by Crippen LogP contribution is -2.27. The molecule has 5 rings (SSSR count). The minimum atomic E-state index is 0.0827. The number of nitrogens with zero attached hydrogens (tertiary/aromatic N) is 3. The highest BCUT2D eigenvalue weighted by molar-refractivity contribution is 7.99. The average molecular weight is 347 g/mol. The van der Waals surface area contributed by atoms with Crippen LogP contribution in [0.4, 0.5) is 0 Å². The second-order valence-corrected chi connectivity index (χ2v) is 7.40. The quantitative estimate of drug-likeness (QED) is 0.516. The largest absolute Gasteiger partial charge is 0.330 e. The maximum absolute atomic E-state index is 13.2. The molecule has 2 aromatic heterocycles. The zero-order valence-electron chi connectivity index (χ0n) is 13.7. The van der Waals surface area contributed by atoms with Crippen molar-refractivity contribution < 1.29 is 0 Å². The summed E-state index contributed by atoms with van der Waals surface area (Å²) in [6, 6.07) is 18.5. The van der Waals surface area contributed by atoms with E-state index in [-0.39, 0.29) is 5.56 Å².